The molecule has 0 bridgehead atoms. The van der Waals surface area contributed by atoms with Crippen LogP contribution in [0, 0.1) is 5.41 Å². The normalized spacial score (nSPS) is 10.5. The molecule has 0 heterocycles. The van der Waals surface area contributed by atoms with Crippen LogP contribution in [0.4, 0.5) is 4.79 Å². The number of allylic oxidation sites excluding steroid dienone is 1. The van der Waals surface area contributed by atoms with Crippen LogP contribution >= 0.6 is 0 Å². The standard InChI is InChI=1S/C15H25NO5/c1-7-15(5,6)13(17)20-10-21-14(18)16-8-9-19-12(4)11(2)3/h2,4,7-10H2,1,3,5-6H3,(H,16,18). The highest BCUT2D eigenvalue weighted by Crippen LogP contribution is 2.21. The highest BCUT2D eigenvalue weighted by molar-refractivity contribution is 5.76. The molecule has 6 nitrogen and oxygen atoms in total. The molecule has 0 spiro atoms. The monoisotopic (exact) mass is 299 g/mol. The van der Waals surface area contributed by atoms with Crippen molar-refractivity contribution in [3.05, 3.63) is 24.5 Å². The second-order valence-corrected chi connectivity index (χ2v) is 5.20. The fourth-order valence-corrected chi connectivity index (χ4v) is 0.978. The van der Waals surface area contributed by atoms with Gasteiger partial charge in [0, 0.05) is 0 Å². The Labute approximate surface area is 126 Å². The minimum absolute atomic E-state index is 0.250. The fourth-order valence-electron chi connectivity index (χ4n) is 0.978. The van der Waals surface area contributed by atoms with Gasteiger partial charge in [0.05, 0.1) is 12.0 Å². The van der Waals surface area contributed by atoms with Crippen molar-refractivity contribution in [1.29, 1.82) is 0 Å². The summed E-state index contributed by atoms with van der Waals surface area (Å²) in [6, 6.07) is 0. The summed E-state index contributed by atoms with van der Waals surface area (Å²) in [5.74, 6) is 0.0692. The Morgan fingerprint density at radius 2 is 1.76 bits per heavy atom. The second-order valence-electron chi connectivity index (χ2n) is 5.20. The van der Waals surface area contributed by atoms with E-state index in [1.807, 2.05) is 6.92 Å². The van der Waals surface area contributed by atoms with Gasteiger partial charge in [0.2, 0.25) is 6.79 Å². The molecule has 0 radical (unpaired) electrons. The Balaban J connectivity index is 3.75. The van der Waals surface area contributed by atoms with Gasteiger partial charge in [0.25, 0.3) is 0 Å². The molecule has 6 heteroatoms. The zero-order valence-corrected chi connectivity index (χ0v) is 13.3. The molecule has 0 aromatic carbocycles. The Bertz CT molecular complexity index is 401. The lowest BCUT2D eigenvalue weighted by Gasteiger charge is -2.20. The third-order valence-corrected chi connectivity index (χ3v) is 2.94. The van der Waals surface area contributed by atoms with Crippen LogP contribution in [0.1, 0.15) is 34.1 Å². The maximum atomic E-state index is 11.6. The summed E-state index contributed by atoms with van der Waals surface area (Å²) >= 11 is 0. The van der Waals surface area contributed by atoms with Crippen LogP contribution in [-0.4, -0.2) is 32.0 Å². The molecular weight excluding hydrogens is 274 g/mol. The van der Waals surface area contributed by atoms with Crippen molar-refractivity contribution < 1.29 is 23.8 Å². The molecule has 0 aliphatic rings. The van der Waals surface area contributed by atoms with Crippen molar-refractivity contribution in [3.8, 4) is 0 Å². The average Bonchev–Trinajstić information content (AvgIpc) is 2.42. The summed E-state index contributed by atoms with van der Waals surface area (Å²) in [4.78, 5) is 22.9. The number of carbonyl (C=O) groups is 2. The van der Waals surface area contributed by atoms with Crippen LogP contribution in [0.2, 0.25) is 0 Å². The smallest absolute Gasteiger partial charge is 0.410 e. The predicted molar refractivity (Wildman–Crippen MR) is 79.4 cm³/mol. The summed E-state index contributed by atoms with van der Waals surface area (Å²) in [7, 11) is 0. The van der Waals surface area contributed by atoms with Gasteiger partial charge in [-0.15, -0.1) is 0 Å². The highest BCUT2D eigenvalue weighted by Gasteiger charge is 2.27. The lowest BCUT2D eigenvalue weighted by Crippen LogP contribution is -2.31. The number of nitrogens with one attached hydrogen (secondary N) is 1. The number of alkyl carbamates (subject to hydrolysis) is 1. The molecule has 0 fully saturated rings. The van der Waals surface area contributed by atoms with E-state index in [9.17, 15) is 9.59 Å². The lowest BCUT2D eigenvalue weighted by molar-refractivity contribution is -0.162. The third-order valence-electron chi connectivity index (χ3n) is 2.94. The van der Waals surface area contributed by atoms with Gasteiger partial charge >= 0.3 is 12.1 Å². The van der Waals surface area contributed by atoms with Crippen molar-refractivity contribution >= 4 is 12.1 Å². The van der Waals surface area contributed by atoms with Crippen LogP contribution in [0.3, 0.4) is 0 Å². The van der Waals surface area contributed by atoms with Crippen molar-refractivity contribution in [2.45, 2.75) is 34.1 Å². The van der Waals surface area contributed by atoms with Crippen LogP contribution < -0.4 is 5.32 Å². The molecule has 0 saturated heterocycles. The van der Waals surface area contributed by atoms with E-state index in [2.05, 4.69) is 18.5 Å². The van der Waals surface area contributed by atoms with Crippen LogP contribution in [0.15, 0.2) is 24.5 Å². The first-order valence-electron chi connectivity index (χ1n) is 6.76. The Morgan fingerprint density at radius 3 is 2.29 bits per heavy atom. The minimum atomic E-state index is -0.679. The fraction of sp³-hybridized carbons (Fsp3) is 0.600. The number of carbonyl (C=O) groups excluding carboxylic acids is 2. The third kappa shape index (κ3) is 8.02. The molecule has 0 rings (SSSR count). The van der Waals surface area contributed by atoms with Crippen LogP contribution in [-0.2, 0) is 19.0 Å². The van der Waals surface area contributed by atoms with Gasteiger partial charge in [-0.1, -0.05) is 20.1 Å². The van der Waals surface area contributed by atoms with Crippen LogP contribution in [0.5, 0.6) is 0 Å². The maximum absolute atomic E-state index is 11.6. The number of amides is 1. The summed E-state index contributed by atoms with van der Waals surface area (Å²) < 4.78 is 14.8. The predicted octanol–water partition coefficient (Wildman–Crippen LogP) is 2.76. The zero-order chi connectivity index (χ0) is 16.5. The van der Waals surface area contributed by atoms with Crippen molar-refractivity contribution in [2.75, 3.05) is 19.9 Å². The average molecular weight is 299 g/mol. The Kier molecular flexibility index (Phi) is 8.19. The summed E-state index contributed by atoms with van der Waals surface area (Å²) in [5.41, 5.74) is 0.138. The van der Waals surface area contributed by atoms with E-state index >= 15 is 0 Å². The van der Waals surface area contributed by atoms with E-state index < -0.39 is 24.3 Å². The van der Waals surface area contributed by atoms with E-state index in [1.165, 1.54) is 0 Å². The van der Waals surface area contributed by atoms with Crippen molar-refractivity contribution in [2.24, 2.45) is 5.41 Å². The zero-order valence-electron chi connectivity index (χ0n) is 13.3. The van der Waals surface area contributed by atoms with E-state index in [-0.39, 0.29) is 13.2 Å². The SMILES string of the molecule is C=C(C)C(=C)OCCNC(=O)OCOC(=O)C(C)(C)CC. The van der Waals surface area contributed by atoms with E-state index in [1.54, 1.807) is 20.8 Å². The van der Waals surface area contributed by atoms with Gasteiger partial charge in [-0.05, 0) is 32.8 Å². The van der Waals surface area contributed by atoms with E-state index in [0.717, 1.165) is 5.57 Å². The molecule has 0 unspecified atom stereocenters. The first kappa shape index (κ1) is 19.0. The molecule has 1 N–H and O–H groups in total. The number of esters is 1. The quantitative estimate of drug-likeness (QED) is 0.233. The molecule has 0 aromatic rings. The largest absolute Gasteiger partial charge is 0.492 e. The van der Waals surface area contributed by atoms with E-state index in [0.29, 0.717) is 12.2 Å². The van der Waals surface area contributed by atoms with Gasteiger partial charge in [-0.3, -0.25) is 4.79 Å². The lowest BCUT2D eigenvalue weighted by atomic mass is 9.91. The van der Waals surface area contributed by atoms with Crippen LogP contribution in [0.25, 0.3) is 0 Å². The Hall–Kier alpha value is -1.98. The molecule has 0 saturated carbocycles. The molecule has 0 aliphatic heterocycles. The first-order chi connectivity index (χ1) is 9.70. The molecule has 0 aromatic heterocycles. The van der Waals surface area contributed by atoms with Gasteiger partial charge in [0.15, 0.2) is 0 Å². The molecule has 0 atom stereocenters. The molecule has 1 amide bonds. The van der Waals surface area contributed by atoms with E-state index in [4.69, 9.17) is 14.2 Å². The first-order valence-corrected chi connectivity index (χ1v) is 6.76. The van der Waals surface area contributed by atoms with Gasteiger partial charge in [-0.2, -0.15) is 0 Å². The Morgan fingerprint density at radius 1 is 1.14 bits per heavy atom. The van der Waals surface area contributed by atoms with Gasteiger partial charge in [0.1, 0.15) is 12.4 Å². The second kappa shape index (κ2) is 9.05. The molecule has 120 valence electrons. The molecule has 0 aliphatic carbocycles. The highest BCUT2D eigenvalue weighted by atomic mass is 16.7. The topological polar surface area (TPSA) is 73.9 Å². The number of ether oxygens (including phenoxy) is 3. The molecule has 21 heavy (non-hydrogen) atoms. The maximum Gasteiger partial charge on any atom is 0.410 e. The van der Waals surface area contributed by atoms with Gasteiger partial charge < -0.3 is 19.5 Å². The minimum Gasteiger partial charge on any atom is -0.492 e. The number of rotatable bonds is 9. The van der Waals surface area contributed by atoms with Crippen molar-refractivity contribution in [1.82, 2.24) is 5.32 Å². The summed E-state index contributed by atoms with van der Waals surface area (Å²) in [5, 5.41) is 2.46. The molecular formula is C15H25NO5. The summed E-state index contributed by atoms with van der Waals surface area (Å²) in [6.45, 7) is 14.6. The van der Waals surface area contributed by atoms with Gasteiger partial charge in [-0.25, -0.2) is 4.79 Å². The summed E-state index contributed by atoms with van der Waals surface area (Å²) in [6.07, 6.45) is -0.0382. The van der Waals surface area contributed by atoms with Crippen molar-refractivity contribution in [3.63, 3.8) is 0 Å². The number of hydrogen-bond acceptors (Lipinski definition) is 5. The number of hydrogen-bond donors (Lipinski definition) is 1.